The summed E-state index contributed by atoms with van der Waals surface area (Å²) in [6.07, 6.45) is 0. The van der Waals surface area contributed by atoms with E-state index in [0.717, 1.165) is 16.7 Å². The molecule has 0 aromatic heterocycles. The van der Waals surface area contributed by atoms with Crippen LogP contribution in [0.1, 0.15) is 44.4 Å². The zero-order valence-corrected chi connectivity index (χ0v) is 19.3. The molecule has 0 aliphatic heterocycles. The van der Waals surface area contributed by atoms with Crippen LogP contribution in [0.4, 0.5) is 0 Å². The van der Waals surface area contributed by atoms with Crippen LogP contribution in [0.5, 0.6) is 5.75 Å². The van der Waals surface area contributed by atoms with Crippen LogP contribution in [0.3, 0.4) is 0 Å². The average Bonchev–Trinajstić information content (AvgIpc) is 2.63. The molecule has 1 atom stereocenters. The van der Waals surface area contributed by atoms with Crippen LogP contribution in [0.15, 0.2) is 42.5 Å². The maximum Gasteiger partial charge on any atom is 0.261 e. The lowest BCUT2D eigenvalue weighted by Gasteiger charge is -2.31. The molecular weight excluding hydrogens is 400 g/mol. The van der Waals surface area contributed by atoms with Crippen LogP contribution in [-0.2, 0) is 16.1 Å². The summed E-state index contributed by atoms with van der Waals surface area (Å²) in [6.45, 7) is 11.5. The summed E-state index contributed by atoms with van der Waals surface area (Å²) in [6, 6.07) is 12.4. The summed E-state index contributed by atoms with van der Waals surface area (Å²) in [5.74, 6) is 0.163. The molecule has 0 unspecified atom stereocenters. The first-order chi connectivity index (χ1) is 13.9. The average molecular weight is 431 g/mol. The molecule has 2 amide bonds. The number of rotatable bonds is 7. The molecule has 0 aliphatic rings. The first-order valence-corrected chi connectivity index (χ1v) is 10.4. The van der Waals surface area contributed by atoms with E-state index in [-0.39, 0.29) is 25.0 Å². The first kappa shape index (κ1) is 23.7. The van der Waals surface area contributed by atoms with Crippen molar-refractivity contribution in [2.75, 3.05) is 6.61 Å². The van der Waals surface area contributed by atoms with Gasteiger partial charge in [-0.3, -0.25) is 9.59 Å². The van der Waals surface area contributed by atoms with Crippen molar-refractivity contribution in [3.05, 3.63) is 64.2 Å². The number of carbonyl (C=O) groups excluding carboxylic acids is 2. The van der Waals surface area contributed by atoms with Gasteiger partial charge in [0.1, 0.15) is 11.8 Å². The van der Waals surface area contributed by atoms with Crippen molar-refractivity contribution >= 4 is 23.4 Å². The highest BCUT2D eigenvalue weighted by Crippen LogP contribution is 2.18. The monoisotopic (exact) mass is 430 g/mol. The molecule has 5 nitrogen and oxygen atoms in total. The zero-order chi connectivity index (χ0) is 22.5. The maximum atomic E-state index is 13.1. The fourth-order valence-electron chi connectivity index (χ4n) is 3.09. The number of nitrogens with zero attached hydrogens (tertiary/aromatic N) is 1. The van der Waals surface area contributed by atoms with Gasteiger partial charge in [0.25, 0.3) is 5.91 Å². The van der Waals surface area contributed by atoms with Gasteiger partial charge in [-0.05, 0) is 82.5 Å². The number of carbonyl (C=O) groups is 2. The Hall–Kier alpha value is -2.53. The Bertz CT molecular complexity index is 868. The lowest BCUT2D eigenvalue weighted by Crippen LogP contribution is -2.53. The molecule has 1 N–H and O–H groups in total. The predicted octanol–water partition coefficient (Wildman–Crippen LogP) is 4.67. The van der Waals surface area contributed by atoms with E-state index in [9.17, 15) is 9.59 Å². The van der Waals surface area contributed by atoms with Gasteiger partial charge in [0.2, 0.25) is 5.91 Å². The number of benzene rings is 2. The van der Waals surface area contributed by atoms with Gasteiger partial charge in [0.05, 0.1) is 0 Å². The Morgan fingerprint density at radius 3 is 2.17 bits per heavy atom. The lowest BCUT2D eigenvalue weighted by atomic mass is 10.1. The topological polar surface area (TPSA) is 58.6 Å². The SMILES string of the molecule is Cc1cc(C)cc(OCC(=O)N(Cc2ccc(Cl)cc2)[C@H](C)C(=O)NC(C)(C)C)c1. The smallest absolute Gasteiger partial charge is 0.261 e. The summed E-state index contributed by atoms with van der Waals surface area (Å²) < 4.78 is 5.75. The van der Waals surface area contributed by atoms with E-state index < -0.39 is 11.6 Å². The molecule has 0 aliphatic carbocycles. The van der Waals surface area contributed by atoms with E-state index in [2.05, 4.69) is 5.32 Å². The number of aryl methyl sites for hydroxylation is 2. The van der Waals surface area contributed by atoms with Crippen molar-refractivity contribution in [3.8, 4) is 5.75 Å². The second-order valence-electron chi connectivity index (χ2n) is 8.68. The van der Waals surface area contributed by atoms with Crippen LogP contribution in [0.25, 0.3) is 0 Å². The van der Waals surface area contributed by atoms with Gasteiger partial charge >= 0.3 is 0 Å². The third kappa shape index (κ3) is 7.38. The minimum atomic E-state index is -0.657. The number of hydrogen-bond donors (Lipinski definition) is 1. The van der Waals surface area contributed by atoms with Crippen molar-refractivity contribution in [1.82, 2.24) is 10.2 Å². The molecule has 0 saturated heterocycles. The molecule has 0 bridgehead atoms. The minimum absolute atomic E-state index is 0.149. The van der Waals surface area contributed by atoms with Crippen LogP contribution < -0.4 is 10.1 Å². The van der Waals surface area contributed by atoms with E-state index in [4.69, 9.17) is 16.3 Å². The number of amides is 2. The van der Waals surface area contributed by atoms with Gasteiger partial charge in [0.15, 0.2) is 6.61 Å². The van der Waals surface area contributed by atoms with Gasteiger partial charge in [-0.25, -0.2) is 0 Å². The van der Waals surface area contributed by atoms with Gasteiger partial charge in [-0.15, -0.1) is 0 Å². The molecule has 2 aromatic rings. The Morgan fingerprint density at radius 2 is 1.63 bits per heavy atom. The first-order valence-electron chi connectivity index (χ1n) is 10.0. The molecule has 6 heteroatoms. The number of hydrogen-bond acceptors (Lipinski definition) is 3. The van der Waals surface area contributed by atoms with Gasteiger partial charge < -0.3 is 15.0 Å². The molecule has 0 spiro atoms. The summed E-state index contributed by atoms with van der Waals surface area (Å²) in [7, 11) is 0. The Labute approximate surface area is 184 Å². The number of ether oxygens (including phenoxy) is 1. The van der Waals surface area contributed by atoms with E-state index in [1.165, 1.54) is 4.90 Å². The third-order valence-electron chi connectivity index (χ3n) is 4.49. The highest BCUT2D eigenvalue weighted by molar-refractivity contribution is 6.30. The summed E-state index contributed by atoms with van der Waals surface area (Å²) in [4.78, 5) is 27.3. The highest BCUT2D eigenvalue weighted by Gasteiger charge is 2.28. The normalized spacial score (nSPS) is 12.2. The Kier molecular flexibility index (Phi) is 7.90. The fraction of sp³-hybridized carbons (Fsp3) is 0.417. The van der Waals surface area contributed by atoms with E-state index in [1.807, 2.05) is 65.0 Å². The van der Waals surface area contributed by atoms with Crippen molar-refractivity contribution in [1.29, 1.82) is 0 Å². The number of halogens is 1. The largest absolute Gasteiger partial charge is 0.484 e. The minimum Gasteiger partial charge on any atom is -0.484 e. The van der Waals surface area contributed by atoms with Gasteiger partial charge in [-0.2, -0.15) is 0 Å². The second-order valence-corrected chi connectivity index (χ2v) is 9.11. The number of nitrogens with one attached hydrogen (secondary N) is 1. The lowest BCUT2D eigenvalue weighted by molar-refractivity contribution is -0.142. The summed E-state index contributed by atoms with van der Waals surface area (Å²) >= 11 is 5.97. The van der Waals surface area contributed by atoms with E-state index in [1.54, 1.807) is 19.1 Å². The summed E-state index contributed by atoms with van der Waals surface area (Å²) in [5, 5.41) is 3.56. The Morgan fingerprint density at radius 1 is 1.07 bits per heavy atom. The van der Waals surface area contributed by atoms with E-state index in [0.29, 0.717) is 10.8 Å². The molecule has 2 rings (SSSR count). The standard InChI is InChI=1S/C24H31ClN2O3/c1-16-11-17(2)13-21(12-16)30-15-22(28)27(14-19-7-9-20(25)10-8-19)18(3)23(29)26-24(4,5)6/h7-13,18H,14-15H2,1-6H3,(H,26,29)/t18-/m1/s1. The third-order valence-corrected chi connectivity index (χ3v) is 4.74. The molecule has 30 heavy (non-hydrogen) atoms. The fourth-order valence-corrected chi connectivity index (χ4v) is 3.21. The van der Waals surface area contributed by atoms with Gasteiger partial charge in [0, 0.05) is 17.1 Å². The molecular formula is C24H31ClN2O3. The van der Waals surface area contributed by atoms with Crippen molar-refractivity contribution in [2.45, 2.75) is 59.7 Å². The summed E-state index contributed by atoms with van der Waals surface area (Å²) in [5.41, 5.74) is 2.62. The predicted molar refractivity (Wildman–Crippen MR) is 121 cm³/mol. The van der Waals surface area contributed by atoms with Crippen molar-refractivity contribution in [2.24, 2.45) is 0 Å². The molecule has 0 saturated carbocycles. The van der Waals surface area contributed by atoms with Crippen molar-refractivity contribution in [3.63, 3.8) is 0 Å². The molecule has 162 valence electrons. The molecule has 0 radical (unpaired) electrons. The van der Waals surface area contributed by atoms with Crippen LogP contribution >= 0.6 is 11.6 Å². The quantitative estimate of drug-likeness (QED) is 0.694. The van der Waals surface area contributed by atoms with Crippen LogP contribution in [0, 0.1) is 13.8 Å². The molecule has 2 aromatic carbocycles. The Balaban J connectivity index is 2.18. The second kappa shape index (κ2) is 9.98. The van der Waals surface area contributed by atoms with Crippen molar-refractivity contribution < 1.29 is 14.3 Å². The van der Waals surface area contributed by atoms with Crippen LogP contribution in [0.2, 0.25) is 5.02 Å². The maximum absolute atomic E-state index is 13.1. The zero-order valence-electron chi connectivity index (χ0n) is 18.6. The van der Waals surface area contributed by atoms with Gasteiger partial charge in [-0.1, -0.05) is 29.8 Å². The van der Waals surface area contributed by atoms with E-state index >= 15 is 0 Å². The molecule has 0 fully saturated rings. The van der Waals surface area contributed by atoms with Crippen LogP contribution in [-0.4, -0.2) is 34.9 Å². The molecule has 0 heterocycles. The highest BCUT2D eigenvalue weighted by atomic mass is 35.5.